The zero-order valence-electron chi connectivity index (χ0n) is 31.7. The Morgan fingerprint density at radius 1 is 0.943 bits per heavy atom. The van der Waals surface area contributed by atoms with Gasteiger partial charge >= 0.3 is 5.97 Å². The van der Waals surface area contributed by atoms with E-state index < -0.39 is 11.6 Å². The summed E-state index contributed by atoms with van der Waals surface area (Å²) in [4.78, 5) is 26.9. The SMILES string of the molecule is CC.CC(C)(C)O.Cc1cc2nc3sc2c(c1CC(=O)O)-c1ccc2c(c1)C(CCCCCOc1cc4c(cnn4C)nc1-c1cc-3ccn1)CCO2. The minimum absolute atomic E-state index is 0.0635. The minimum Gasteiger partial charge on any atom is -0.493 e. The average Bonchev–Trinajstić information content (AvgIpc) is 3.72. The van der Waals surface area contributed by atoms with E-state index in [1.807, 2.05) is 52.1 Å². The molecule has 6 heterocycles. The highest BCUT2D eigenvalue weighted by molar-refractivity contribution is 7.22. The van der Waals surface area contributed by atoms with Gasteiger partial charge in [0.2, 0.25) is 0 Å². The van der Waals surface area contributed by atoms with Gasteiger partial charge in [0.25, 0.3) is 0 Å². The molecule has 1 unspecified atom stereocenters. The first kappa shape index (κ1) is 37.9. The molecule has 2 N–H and O–H groups in total. The molecule has 278 valence electrons. The fourth-order valence-corrected chi connectivity index (χ4v) is 7.99. The van der Waals surface area contributed by atoms with Crippen LogP contribution in [0, 0.1) is 6.92 Å². The summed E-state index contributed by atoms with van der Waals surface area (Å²) in [6, 6.07) is 14.4. The van der Waals surface area contributed by atoms with E-state index in [1.54, 1.807) is 49.2 Å². The van der Waals surface area contributed by atoms with Crippen LogP contribution in [-0.2, 0) is 18.3 Å². The number of hydrogen-bond acceptors (Lipinski definition) is 9. The number of fused-ring (bicyclic) bond motifs is 9. The number of carboxylic acids is 1. The van der Waals surface area contributed by atoms with Crippen LogP contribution in [0.2, 0.25) is 0 Å². The van der Waals surface area contributed by atoms with Crippen LogP contribution in [0.1, 0.15) is 89.3 Å². The Morgan fingerprint density at radius 3 is 2.49 bits per heavy atom. The summed E-state index contributed by atoms with van der Waals surface area (Å²) in [5, 5.41) is 23.7. The molecule has 0 saturated carbocycles. The van der Waals surface area contributed by atoms with Gasteiger partial charge in [0.05, 0.1) is 52.9 Å². The lowest BCUT2D eigenvalue weighted by Crippen LogP contribution is -2.14. The van der Waals surface area contributed by atoms with E-state index in [0.717, 1.165) is 91.9 Å². The summed E-state index contributed by atoms with van der Waals surface area (Å²) in [7, 11) is 1.90. The van der Waals surface area contributed by atoms with Crippen LogP contribution in [-0.4, -0.2) is 59.7 Å². The maximum atomic E-state index is 12.1. The Kier molecular flexibility index (Phi) is 11.4. The monoisotopic (exact) mass is 735 g/mol. The van der Waals surface area contributed by atoms with Gasteiger partial charge in [0.15, 0.2) is 0 Å². The number of carbonyl (C=O) groups is 1. The largest absolute Gasteiger partial charge is 0.493 e. The number of aliphatic hydroxyl groups is 1. The number of hydrogen-bond donors (Lipinski definition) is 2. The van der Waals surface area contributed by atoms with Crippen molar-refractivity contribution in [3.05, 3.63) is 71.5 Å². The van der Waals surface area contributed by atoms with Gasteiger partial charge < -0.3 is 19.7 Å². The smallest absolute Gasteiger partial charge is 0.307 e. The molecule has 2 aliphatic rings. The number of benzene rings is 2. The maximum absolute atomic E-state index is 12.1. The van der Waals surface area contributed by atoms with Crippen molar-refractivity contribution in [3.8, 4) is 44.6 Å². The van der Waals surface area contributed by atoms with Crippen LogP contribution in [0.15, 0.2) is 54.9 Å². The Morgan fingerprint density at radius 2 is 1.72 bits per heavy atom. The number of aryl methyl sites for hydroxylation is 2. The Hall–Kier alpha value is -4.87. The van der Waals surface area contributed by atoms with E-state index in [9.17, 15) is 9.90 Å². The molecule has 11 heteroatoms. The molecular weight excluding hydrogens is 687 g/mol. The number of thiazole rings is 1. The molecule has 10 nitrogen and oxygen atoms in total. The molecule has 0 amide bonds. The highest BCUT2D eigenvalue weighted by Crippen LogP contribution is 2.45. The van der Waals surface area contributed by atoms with Gasteiger partial charge in [0.1, 0.15) is 27.7 Å². The molecule has 6 bridgehead atoms. The lowest BCUT2D eigenvalue weighted by molar-refractivity contribution is -0.136. The van der Waals surface area contributed by atoms with E-state index in [-0.39, 0.29) is 6.42 Å². The second-order valence-electron chi connectivity index (χ2n) is 14.4. The van der Waals surface area contributed by atoms with Gasteiger partial charge in [-0.15, -0.1) is 11.3 Å². The Balaban J connectivity index is 0.000000636. The van der Waals surface area contributed by atoms with Crippen molar-refractivity contribution >= 4 is 38.6 Å². The number of aliphatic carboxylic acids is 1. The molecule has 0 fully saturated rings. The van der Waals surface area contributed by atoms with E-state index >= 15 is 0 Å². The van der Waals surface area contributed by atoms with Crippen molar-refractivity contribution in [1.29, 1.82) is 0 Å². The van der Waals surface area contributed by atoms with Gasteiger partial charge in [-0.2, -0.15) is 5.10 Å². The van der Waals surface area contributed by atoms with Crippen molar-refractivity contribution in [2.24, 2.45) is 7.05 Å². The van der Waals surface area contributed by atoms with Gasteiger partial charge in [-0.05, 0) is 105 Å². The number of aromatic nitrogens is 5. The number of pyridine rings is 2. The first-order chi connectivity index (χ1) is 25.4. The summed E-state index contributed by atoms with van der Waals surface area (Å²) in [6.07, 6.45) is 8.54. The lowest BCUT2D eigenvalue weighted by atomic mass is 9.85. The molecule has 0 spiro atoms. The van der Waals surface area contributed by atoms with Crippen LogP contribution in [0.3, 0.4) is 0 Å². The molecule has 1 atom stereocenters. The van der Waals surface area contributed by atoms with Gasteiger partial charge in [-0.3, -0.25) is 14.5 Å². The molecule has 2 aromatic carbocycles. The van der Waals surface area contributed by atoms with Gasteiger partial charge in [0, 0.05) is 30.4 Å². The van der Waals surface area contributed by atoms with Crippen LogP contribution < -0.4 is 9.47 Å². The summed E-state index contributed by atoms with van der Waals surface area (Å²) < 4.78 is 15.3. The van der Waals surface area contributed by atoms with Crippen LogP contribution in [0.5, 0.6) is 11.5 Å². The van der Waals surface area contributed by atoms with Gasteiger partial charge in [-0.1, -0.05) is 32.8 Å². The van der Waals surface area contributed by atoms with E-state index in [1.165, 1.54) is 5.56 Å². The molecule has 0 aliphatic carbocycles. The standard InChI is InChI=1S/C36H33N5O4S.C4H10O.C2H6/c1-20-14-27-35-33(24(20)17-32(42)43)22-7-8-30-25(15-22)21(10-13-45-30)6-4-3-5-12-44-31-18-29-28(19-38-41(29)2)39-34(31)26-16-23(9-11-37-26)36(40-27)46-35;1-4(2,3)5;1-2/h7-9,11,14-16,18-19,21H,3-6,10,12-13,17H2,1-2H3,(H,42,43);5H,1-3H3;1-2H3. The van der Waals surface area contributed by atoms with Crippen molar-refractivity contribution in [2.45, 2.75) is 91.6 Å². The molecule has 4 aromatic heterocycles. The third-order valence-corrected chi connectivity index (χ3v) is 10.3. The summed E-state index contributed by atoms with van der Waals surface area (Å²) >= 11 is 1.58. The number of rotatable bonds is 2. The average molecular weight is 736 g/mol. The highest BCUT2D eigenvalue weighted by atomic mass is 32.1. The zero-order valence-corrected chi connectivity index (χ0v) is 32.5. The van der Waals surface area contributed by atoms with Crippen LogP contribution in [0.25, 0.3) is 54.3 Å². The molecule has 2 aliphatic heterocycles. The summed E-state index contributed by atoms with van der Waals surface area (Å²) in [6.45, 7) is 12.5. The number of ether oxygens (including phenoxy) is 2. The van der Waals surface area contributed by atoms with Crippen molar-refractivity contribution in [3.63, 3.8) is 0 Å². The van der Waals surface area contributed by atoms with Crippen LogP contribution in [0.4, 0.5) is 0 Å². The third kappa shape index (κ3) is 8.52. The summed E-state index contributed by atoms with van der Waals surface area (Å²) in [5.74, 6) is 1.14. The predicted octanol–water partition coefficient (Wildman–Crippen LogP) is 9.53. The maximum Gasteiger partial charge on any atom is 0.307 e. The molecule has 53 heavy (non-hydrogen) atoms. The lowest BCUT2D eigenvalue weighted by Gasteiger charge is -2.27. The summed E-state index contributed by atoms with van der Waals surface area (Å²) in [5.41, 5.74) is 9.19. The van der Waals surface area contributed by atoms with E-state index in [2.05, 4.69) is 23.3 Å². The quantitative estimate of drug-likeness (QED) is 0.178. The minimum atomic E-state index is -0.854. The molecule has 6 aromatic rings. The first-order valence-electron chi connectivity index (χ1n) is 18.5. The number of nitrogens with zero attached hydrogens (tertiary/aromatic N) is 5. The highest BCUT2D eigenvalue weighted by Gasteiger charge is 2.25. The Bertz CT molecular complexity index is 2250. The number of carboxylic acid groups (broad SMARTS) is 1. The van der Waals surface area contributed by atoms with Crippen molar-refractivity contribution in [1.82, 2.24) is 24.7 Å². The third-order valence-electron chi connectivity index (χ3n) is 9.20. The first-order valence-corrected chi connectivity index (χ1v) is 19.3. The second-order valence-corrected chi connectivity index (χ2v) is 15.4. The van der Waals surface area contributed by atoms with E-state index in [4.69, 9.17) is 29.5 Å². The fraction of sp³-hybridized carbons (Fsp3) is 0.405. The van der Waals surface area contributed by atoms with Crippen molar-refractivity contribution < 1.29 is 24.5 Å². The van der Waals surface area contributed by atoms with Crippen molar-refractivity contribution in [2.75, 3.05) is 13.2 Å². The Labute approximate surface area is 314 Å². The van der Waals surface area contributed by atoms with Gasteiger partial charge in [-0.25, -0.2) is 9.97 Å². The molecule has 0 saturated heterocycles. The van der Waals surface area contributed by atoms with Crippen LogP contribution >= 0.6 is 11.3 Å². The second kappa shape index (κ2) is 16.0. The molecular formula is C42H49N5O5S. The topological polar surface area (TPSA) is 132 Å². The molecule has 0 radical (unpaired) electrons. The predicted molar refractivity (Wildman–Crippen MR) is 212 cm³/mol. The zero-order chi connectivity index (χ0) is 37.9. The normalized spacial score (nSPS) is 15.4. The fourth-order valence-electron chi connectivity index (χ4n) is 6.86. The molecule has 8 rings (SSSR count). The van der Waals surface area contributed by atoms with E-state index in [0.29, 0.717) is 36.3 Å².